The van der Waals surface area contributed by atoms with Crippen molar-refractivity contribution in [1.29, 1.82) is 0 Å². The van der Waals surface area contributed by atoms with Gasteiger partial charge in [0, 0.05) is 5.56 Å². The Hall–Kier alpha value is -2.36. The number of rotatable bonds is 2. The van der Waals surface area contributed by atoms with E-state index in [-0.39, 0.29) is 28.8 Å². The minimum absolute atomic E-state index is 0.0243. The van der Waals surface area contributed by atoms with Gasteiger partial charge in [0.2, 0.25) is 0 Å². The van der Waals surface area contributed by atoms with Crippen molar-refractivity contribution in [2.24, 2.45) is 0 Å². The van der Waals surface area contributed by atoms with Crippen LogP contribution in [0.5, 0.6) is 11.5 Å². The van der Waals surface area contributed by atoms with Gasteiger partial charge < -0.3 is 10.2 Å². The SMILES string of the molecule is C=C(C)c1c(O)cccc1F.CC(C)c1c(O)cccc1F. The first-order valence-electron chi connectivity index (χ1n) is 6.86. The molecule has 0 aliphatic heterocycles. The maximum atomic E-state index is 12.9. The molecule has 4 heteroatoms. The number of phenolic OH excluding ortho intramolecular Hbond substituents is 2. The zero-order valence-electron chi connectivity index (χ0n) is 12.9. The number of hydrogen-bond donors (Lipinski definition) is 2. The van der Waals surface area contributed by atoms with Crippen LogP contribution in [0.4, 0.5) is 8.78 Å². The second-order valence-electron chi connectivity index (χ2n) is 5.24. The monoisotopic (exact) mass is 306 g/mol. The summed E-state index contributed by atoms with van der Waals surface area (Å²) in [5.74, 6) is -0.758. The highest BCUT2D eigenvalue weighted by atomic mass is 19.1. The van der Waals surface area contributed by atoms with Crippen molar-refractivity contribution in [3.8, 4) is 11.5 Å². The number of phenols is 2. The molecule has 0 bridgehead atoms. The molecule has 0 fully saturated rings. The Morgan fingerprint density at radius 1 is 0.955 bits per heavy atom. The lowest BCUT2D eigenvalue weighted by Crippen LogP contribution is -1.92. The highest BCUT2D eigenvalue weighted by Gasteiger charge is 2.10. The van der Waals surface area contributed by atoms with E-state index in [9.17, 15) is 13.9 Å². The van der Waals surface area contributed by atoms with Crippen LogP contribution in [-0.4, -0.2) is 10.2 Å². The summed E-state index contributed by atoms with van der Waals surface area (Å²) in [6.07, 6.45) is 0. The second-order valence-corrected chi connectivity index (χ2v) is 5.24. The van der Waals surface area contributed by atoms with Gasteiger partial charge in [-0.3, -0.25) is 0 Å². The number of benzene rings is 2. The normalized spacial score (nSPS) is 10.1. The lowest BCUT2D eigenvalue weighted by Gasteiger charge is -2.08. The third-order valence-corrected chi connectivity index (χ3v) is 3.03. The van der Waals surface area contributed by atoms with E-state index < -0.39 is 5.82 Å². The third kappa shape index (κ3) is 4.32. The van der Waals surface area contributed by atoms with Gasteiger partial charge in [-0.1, -0.05) is 32.6 Å². The first-order valence-corrected chi connectivity index (χ1v) is 6.86. The van der Waals surface area contributed by atoms with Crippen molar-refractivity contribution in [1.82, 2.24) is 0 Å². The van der Waals surface area contributed by atoms with E-state index in [2.05, 4.69) is 6.58 Å². The predicted molar refractivity (Wildman–Crippen MR) is 84.9 cm³/mol. The zero-order valence-corrected chi connectivity index (χ0v) is 12.9. The molecule has 2 aromatic rings. The largest absolute Gasteiger partial charge is 0.508 e. The summed E-state index contributed by atoms with van der Waals surface area (Å²) >= 11 is 0. The second kappa shape index (κ2) is 7.59. The average molecular weight is 306 g/mol. The lowest BCUT2D eigenvalue weighted by molar-refractivity contribution is 0.454. The Kier molecular flexibility index (Phi) is 6.11. The Labute approximate surface area is 129 Å². The highest BCUT2D eigenvalue weighted by molar-refractivity contribution is 5.67. The van der Waals surface area contributed by atoms with E-state index in [1.54, 1.807) is 6.92 Å². The van der Waals surface area contributed by atoms with E-state index in [1.165, 1.54) is 36.4 Å². The first kappa shape index (κ1) is 17.7. The Morgan fingerprint density at radius 2 is 1.45 bits per heavy atom. The van der Waals surface area contributed by atoms with Crippen molar-refractivity contribution in [3.63, 3.8) is 0 Å². The smallest absolute Gasteiger partial charge is 0.134 e. The van der Waals surface area contributed by atoms with Gasteiger partial charge in [0.05, 0.1) is 5.56 Å². The van der Waals surface area contributed by atoms with Gasteiger partial charge in [-0.15, -0.1) is 0 Å². The number of halogens is 2. The van der Waals surface area contributed by atoms with Crippen LogP contribution < -0.4 is 0 Å². The van der Waals surface area contributed by atoms with Crippen LogP contribution in [-0.2, 0) is 0 Å². The van der Waals surface area contributed by atoms with Gasteiger partial charge in [-0.05, 0) is 42.7 Å². The summed E-state index contributed by atoms with van der Waals surface area (Å²) < 4.78 is 25.8. The van der Waals surface area contributed by atoms with Gasteiger partial charge in [0.15, 0.2) is 0 Å². The summed E-state index contributed by atoms with van der Waals surface area (Å²) in [6.45, 7) is 8.89. The molecular formula is C18H20F2O2. The minimum Gasteiger partial charge on any atom is -0.508 e. The van der Waals surface area contributed by atoms with Gasteiger partial charge in [0.1, 0.15) is 23.1 Å². The molecule has 0 spiro atoms. The molecule has 0 radical (unpaired) electrons. The summed E-state index contributed by atoms with van der Waals surface area (Å²) in [5.41, 5.74) is 1.13. The number of allylic oxidation sites excluding steroid dienone is 1. The van der Waals surface area contributed by atoms with Gasteiger partial charge >= 0.3 is 0 Å². The van der Waals surface area contributed by atoms with E-state index in [4.69, 9.17) is 5.11 Å². The van der Waals surface area contributed by atoms with Crippen molar-refractivity contribution in [3.05, 3.63) is 65.7 Å². The predicted octanol–water partition coefficient (Wildman–Crippen LogP) is 5.22. The molecule has 0 atom stereocenters. The van der Waals surface area contributed by atoms with Crippen LogP contribution in [0.3, 0.4) is 0 Å². The number of aromatic hydroxyl groups is 2. The standard InChI is InChI=1S/C9H11FO.C9H9FO/c2*1-6(2)9-7(10)4-3-5-8(9)11/h3-6,11H,1-2H3;3-5,11H,1H2,2H3. The summed E-state index contributed by atoms with van der Waals surface area (Å²) in [5, 5.41) is 18.4. The van der Waals surface area contributed by atoms with Crippen LogP contribution in [0.2, 0.25) is 0 Å². The van der Waals surface area contributed by atoms with Crippen molar-refractivity contribution in [2.45, 2.75) is 26.7 Å². The minimum atomic E-state index is -0.433. The van der Waals surface area contributed by atoms with Crippen LogP contribution in [0.15, 0.2) is 43.0 Å². The molecule has 2 rings (SSSR count). The van der Waals surface area contributed by atoms with Crippen LogP contribution in [0.25, 0.3) is 5.57 Å². The zero-order chi connectivity index (χ0) is 16.9. The molecule has 0 amide bonds. The maximum absolute atomic E-state index is 12.9. The molecule has 0 unspecified atom stereocenters. The molecule has 0 heterocycles. The topological polar surface area (TPSA) is 40.5 Å². The van der Waals surface area contributed by atoms with Crippen LogP contribution >= 0.6 is 0 Å². The molecule has 2 aromatic carbocycles. The Balaban J connectivity index is 0.000000220. The molecule has 22 heavy (non-hydrogen) atoms. The average Bonchev–Trinajstić information content (AvgIpc) is 2.38. The summed E-state index contributed by atoms with van der Waals surface area (Å²) in [7, 11) is 0. The maximum Gasteiger partial charge on any atom is 0.134 e. The first-order chi connectivity index (χ1) is 10.3. The van der Waals surface area contributed by atoms with E-state index in [1.807, 2.05) is 13.8 Å². The quantitative estimate of drug-likeness (QED) is 0.798. The van der Waals surface area contributed by atoms with Crippen molar-refractivity contribution in [2.75, 3.05) is 0 Å². The Morgan fingerprint density at radius 3 is 1.77 bits per heavy atom. The molecule has 2 nitrogen and oxygen atoms in total. The van der Waals surface area contributed by atoms with Gasteiger partial charge in [-0.25, -0.2) is 8.78 Å². The molecule has 0 aliphatic carbocycles. The molecule has 0 aromatic heterocycles. The van der Waals surface area contributed by atoms with E-state index in [0.29, 0.717) is 11.1 Å². The highest BCUT2D eigenvalue weighted by Crippen LogP contribution is 2.27. The van der Waals surface area contributed by atoms with Crippen molar-refractivity contribution >= 4 is 5.57 Å². The fraction of sp³-hybridized carbons (Fsp3) is 0.222. The fourth-order valence-corrected chi connectivity index (χ4v) is 2.03. The van der Waals surface area contributed by atoms with Gasteiger partial charge in [0.25, 0.3) is 0 Å². The van der Waals surface area contributed by atoms with E-state index >= 15 is 0 Å². The fourth-order valence-electron chi connectivity index (χ4n) is 2.03. The Bertz CT molecular complexity index is 624. The van der Waals surface area contributed by atoms with E-state index in [0.717, 1.165) is 0 Å². The molecule has 118 valence electrons. The summed E-state index contributed by atoms with van der Waals surface area (Å²) in [4.78, 5) is 0. The lowest BCUT2D eigenvalue weighted by atomic mass is 10.0. The summed E-state index contributed by atoms with van der Waals surface area (Å²) in [6, 6.07) is 8.54. The van der Waals surface area contributed by atoms with Crippen molar-refractivity contribution < 1.29 is 19.0 Å². The molecule has 0 saturated carbocycles. The molecular weight excluding hydrogens is 286 g/mol. The van der Waals surface area contributed by atoms with Gasteiger partial charge in [-0.2, -0.15) is 0 Å². The molecule has 0 aliphatic rings. The van der Waals surface area contributed by atoms with Crippen LogP contribution in [0, 0.1) is 11.6 Å². The number of hydrogen-bond acceptors (Lipinski definition) is 2. The molecule has 2 N–H and O–H groups in total. The molecule has 0 saturated heterocycles. The third-order valence-electron chi connectivity index (χ3n) is 3.03. The van der Waals surface area contributed by atoms with Crippen LogP contribution in [0.1, 0.15) is 37.8 Å².